The van der Waals surface area contributed by atoms with Crippen LogP contribution in [0, 0.1) is 0 Å². The van der Waals surface area contributed by atoms with Crippen LogP contribution in [-0.4, -0.2) is 17.9 Å². The molecule has 3 aromatic rings. The summed E-state index contributed by atoms with van der Waals surface area (Å²) >= 11 is 0. The molecule has 0 aliphatic carbocycles. The average molecular weight is 393 g/mol. The normalized spacial score (nSPS) is 17.6. The van der Waals surface area contributed by atoms with Crippen LogP contribution in [-0.2, 0) is 16.1 Å². The van der Waals surface area contributed by atoms with Gasteiger partial charge in [-0.2, -0.15) is 0 Å². The van der Waals surface area contributed by atoms with Crippen LogP contribution in [0.25, 0.3) is 0 Å². The highest BCUT2D eigenvalue weighted by Gasteiger charge is 2.29. The third kappa shape index (κ3) is 4.91. The topological polar surface area (TPSA) is 70.8 Å². The predicted octanol–water partition coefficient (Wildman–Crippen LogP) is 4.25. The Balaban J connectivity index is 1.66. The lowest BCUT2D eigenvalue weighted by Gasteiger charge is -2.28. The monoisotopic (exact) mass is 393 g/mol. The van der Waals surface area contributed by atoms with Crippen molar-refractivity contribution >= 4 is 0 Å². The Bertz CT molecular complexity index is 952. The maximum atomic E-state index is 12.6. The van der Waals surface area contributed by atoms with Crippen molar-refractivity contribution in [1.29, 1.82) is 0 Å². The number of ether oxygens (including phenoxy) is 3. The maximum Gasteiger partial charge on any atom is 0.227 e. The Morgan fingerprint density at radius 3 is 2.76 bits per heavy atom. The molecule has 0 bridgehead atoms. The van der Waals surface area contributed by atoms with Crippen LogP contribution in [0.4, 0.5) is 0 Å². The van der Waals surface area contributed by atoms with E-state index in [1.54, 1.807) is 12.4 Å². The fraction of sp³-hybridized carbons (Fsp3) is 0.304. The van der Waals surface area contributed by atoms with Gasteiger partial charge >= 0.3 is 0 Å². The van der Waals surface area contributed by atoms with Gasteiger partial charge in [0.15, 0.2) is 12.1 Å². The van der Waals surface area contributed by atoms with Crippen molar-refractivity contribution in [2.45, 2.75) is 38.3 Å². The van der Waals surface area contributed by atoms with Gasteiger partial charge in [0.1, 0.15) is 12.7 Å². The van der Waals surface area contributed by atoms with Crippen molar-refractivity contribution in [2.75, 3.05) is 6.61 Å². The first kappa shape index (κ1) is 19.4. The molecule has 6 heteroatoms. The Labute approximate surface area is 169 Å². The highest BCUT2D eigenvalue weighted by molar-refractivity contribution is 5.33. The minimum absolute atomic E-state index is 0.140. The Morgan fingerprint density at radius 1 is 1.10 bits per heavy atom. The van der Waals surface area contributed by atoms with E-state index < -0.39 is 6.10 Å². The standard InChI is InChI=1S/C23H23NO5/c25-19-11-14-27-23(22(19)28-16-17-7-2-1-3-8-17)21(18-9-6-12-24-15-18)29-20-10-4-5-13-26-20/h1-3,6-9,11-12,14-15,20-21H,4-5,10,13,16H2. The summed E-state index contributed by atoms with van der Waals surface area (Å²) in [5, 5.41) is 0. The average Bonchev–Trinajstić information content (AvgIpc) is 2.79. The Morgan fingerprint density at radius 2 is 2.00 bits per heavy atom. The Kier molecular flexibility index (Phi) is 6.34. The molecule has 4 rings (SSSR count). The van der Waals surface area contributed by atoms with E-state index in [0.29, 0.717) is 12.4 Å². The SMILES string of the molecule is O=c1ccoc(C(OC2CCCCO2)c2cccnc2)c1OCc1ccccc1. The molecule has 0 amide bonds. The van der Waals surface area contributed by atoms with Crippen LogP contribution in [0.5, 0.6) is 5.75 Å². The summed E-state index contributed by atoms with van der Waals surface area (Å²) in [4.78, 5) is 16.8. The second-order valence-corrected chi connectivity index (χ2v) is 6.85. The van der Waals surface area contributed by atoms with Crippen LogP contribution in [0.3, 0.4) is 0 Å². The van der Waals surface area contributed by atoms with Crippen LogP contribution in [0.2, 0.25) is 0 Å². The van der Waals surface area contributed by atoms with Gasteiger partial charge in [-0.25, -0.2) is 0 Å². The summed E-state index contributed by atoms with van der Waals surface area (Å²) < 4.78 is 23.6. The molecule has 150 valence electrons. The molecule has 2 atom stereocenters. The number of rotatable bonds is 7. The van der Waals surface area contributed by atoms with E-state index in [0.717, 1.165) is 30.4 Å². The largest absolute Gasteiger partial charge is 0.482 e. The molecule has 0 N–H and O–H groups in total. The van der Waals surface area contributed by atoms with Gasteiger partial charge in [0.05, 0.1) is 6.26 Å². The van der Waals surface area contributed by atoms with Crippen molar-refractivity contribution in [1.82, 2.24) is 4.98 Å². The van der Waals surface area contributed by atoms with Crippen molar-refractivity contribution < 1.29 is 18.6 Å². The second kappa shape index (κ2) is 9.49. The van der Waals surface area contributed by atoms with E-state index in [1.807, 2.05) is 42.5 Å². The van der Waals surface area contributed by atoms with Gasteiger partial charge in [-0.05, 0) is 30.9 Å². The van der Waals surface area contributed by atoms with Crippen molar-refractivity contribution in [3.8, 4) is 5.75 Å². The molecule has 29 heavy (non-hydrogen) atoms. The molecular weight excluding hydrogens is 370 g/mol. The summed E-state index contributed by atoms with van der Waals surface area (Å²) in [6.45, 7) is 0.906. The van der Waals surface area contributed by atoms with E-state index in [4.69, 9.17) is 18.6 Å². The van der Waals surface area contributed by atoms with E-state index in [2.05, 4.69) is 4.98 Å². The van der Waals surface area contributed by atoms with E-state index in [1.165, 1.54) is 12.3 Å². The van der Waals surface area contributed by atoms with Gasteiger partial charge in [0.25, 0.3) is 0 Å². The van der Waals surface area contributed by atoms with Crippen LogP contribution in [0.15, 0.2) is 76.4 Å². The molecule has 0 radical (unpaired) electrons. The molecule has 1 fully saturated rings. The molecule has 2 unspecified atom stereocenters. The van der Waals surface area contributed by atoms with Crippen LogP contribution in [0.1, 0.15) is 42.3 Å². The predicted molar refractivity (Wildman–Crippen MR) is 107 cm³/mol. The van der Waals surface area contributed by atoms with Gasteiger partial charge < -0.3 is 18.6 Å². The van der Waals surface area contributed by atoms with Gasteiger partial charge in [0.2, 0.25) is 11.2 Å². The smallest absolute Gasteiger partial charge is 0.227 e. The van der Waals surface area contributed by atoms with Crippen molar-refractivity contribution in [3.63, 3.8) is 0 Å². The molecule has 3 heterocycles. The molecule has 1 aliphatic rings. The van der Waals surface area contributed by atoms with E-state index in [9.17, 15) is 4.79 Å². The molecule has 2 aromatic heterocycles. The first-order valence-corrected chi connectivity index (χ1v) is 9.76. The molecule has 1 saturated heterocycles. The number of hydrogen-bond donors (Lipinski definition) is 0. The highest BCUT2D eigenvalue weighted by Crippen LogP contribution is 2.33. The van der Waals surface area contributed by atoms with Gasteiger partial charge in [-0.3, -0.25) is 9.78 Å². The third-order valence-corrected chi connectivity index (χ3v) is 4.74. The number of aromatic nitrogens is 1. The first-order chi connectivity index (χ1) is 14.3. The fourth-order valence-corrected chi connectivity index (χ4v) is 3.27. The minimum atomic E-state index is -0.661. The molecular formula is C23H23NO5. The number of hydrogen-bond acceptors (Lipinski definition) is 6. The number of benzene rings is 1. The van der Waals surface area contributed by atoms with E-state index in [-0.39, 0.29) is 24.1 Å². The maximum absolute atomic E-state index is 12.6. The summed E-state index contributed by atoms with van der Waals surface area (Å²) in [7, 11) is 0. The number of nitrogens with zero attached hydrogens (tertiary/aromatic N) is 1. The van der Waals surface area contributed by atoms with Crippen LogP contribution < -0.4 is 10.2 Å². The molecule has 1 aliphatic heterocycles. The van der Waals surface area contributed by atoms with Crippen molar-refractivity contribution in [3.05, 3.63) is 94.3 Å². The number of pyridine rings is 1. The zero-order valence-corrected chi connectivity index (χ0v) is 16.0. The fourth-order valence-electron chi connectivity index (χ4n) is 3.27. The summed E-state index contributed by atoms with van der Waals surface area (Å²) in [6, 6.07) is 14.7. The lowest BCUT2D eigenvalue weighted by molar-refractivity contribution is -0.184. The first-order valence-electron chi connectivity index (χ1n) is 9.76. The summed E-state index contributed by atoms with van der Waals surface area (Å²) in [5.74, 6) is 0.455. The molecule has 1 aromatic carbocycles. The second-order valence-electron chi connectivity index (χ2n) is 6.85. The van der Waals surface area contributed by atoms with Gasteiger partial charge in [0, 0.05) is 30.6 Å². The van der Waals surface area contributed by atoms with E-state index >= 15 is 0 Å². The lowest BCUT2D eigenvalue weighted by Crippen LogP contribution is -2.26. The summed E-state index contributed by atoms with van der Waals surface area (Å²) in [6.07, 6.45) is 6.54. The minimum Gasteiger partial charge on any atom is -0.482 e. The third-order valence-electron chi connectivity index (χ3n) is 4.74. The lowest BCUT2D eigenvalue weighted by atomic mass is 10.1. The van der Waals surface area contributed by atoms with Crippen molar-refractivity contribution in [2.24, 2.45) is 0 Å². The highest BCUT2D eigenvalue weighted by atomic mass is 16.7. The molecule has 6 nitrogen and oxygen atoms in total. The van der Waals surface area contributed by atoms with Gasteiger partial charge in [-0.15, -0.1) is 0 Å². The summed E-state index contributed by atoms with van der Waals surface area (Å²) in [5.41, 5.74) is 1.46. The zero-order valence-electron chi connectivity index (χ0n) is 16.0. The molecule has 0 spiro atoms. The van der Waals surface area contributed by atoms with Crippen LogP contribution >= 0.6 is 0 Å². The molecule has 0 saturated carbocycles. The quantitative estimate of drug-likeness (QED) is 0.598. The Hall–Kier alpha value is -2.96. The van der Waals surface area contributed by atoms with Gasteiger partial charge in [-0.1, -0.05) is 36.4 Å². The zero-order chi connectivity index (χ0) is 19.9.